The molecule has 0 bridgehead atoms. The standard InChI is InChI=1S/C18H29N5/c1-2-23-11-5-7-16(23)13-21-18(19)20-12-15-10-9-14-6-3-4-8-17(14)22-15/h9-10,16H,2-8,11-13H2,1H3,(H3,19,20,21). The highest BCUT2D eigenvalue weighted by molar-refractivity contribution is 5.77. The molecule has 2 aliphatic rings. The van der Waals surface area contributed by atoms with Gasteiger partial charge in [-0.1, -0.05) is 13.0 Å². The van der Waals surface area contributed by atoms with E-state index in [1.807, 2.05) is 0 Å². The van der Waals surface area contributed by atoms with Gasteiger partial charge in [-0.15, -0.1) is 0 Å². The second-order valence-corrected chi connectivity index (χ2v) is 6.62. The minimum Gasteiger partial charge on any atom is -0.370 e. The number of rotatable bonds is 5. The molecule has 1 saturated heterocycles. The number of likely N-dealkylation sites (N-methyl/N-ethyl adjacent to an activating group) is 1. The summed E-state index contributed by atoms with van der Waals surface area (Å²) in [5, 5.41) is 3.28. The molecule has 23 heavy (non-hydrogen) atoms. The van der Waals surface area contributed by atoms with E-state index in [-0.39, 0.29) is 0 Å². The van der Waals surface area contributed by atoms with E-state index in [4.69, 9.17) is 10.7 Å². The van der Waals surface area contributed by atoms with Gasteiger partial charge in [-0.3, -0.25) is 9.88 Å². The third-order valence-electron chi connectivity index (χ3n) is 5.07. The molecule has 0 radical (unpaired) electrons. The zero-order chi connectivity index (χ0) is 16.1. The van der Waals surface area contributed by atoms with Gasteiger partial charge in [0.2, 0.25) is 0 Å². The molecular weight excluding hydrogens is 286 g/mol. The maximum Gasteiger partial charge on any atom is 0.189 e. The molecule has 1 fully saturated rings. The Bertz CT molecular complexity index is 554. The van der Waals surface area contributed by atoms with Crippen LogP contribution in [0.3, 0.4) is 0 Å². The zero-order valence-corrected chi connectivity index (χ0v) is 14.2. The van der Waals surface area contributed by atoms with Gasteiger partial charge in [0.25, 0.3) is 0 Å². The number of hydrogen-bond acceptors (Lipinski definition) is 3. The van der Waals surface area contributed by atoms with Crippen LogP contribution in [0, 0.1) is 0 Å². The van der Waals surface area contributed by atoms with Crippen molar-refractivity contribution in [2.24, 2.45) is 10.7 Å². The van der Waals surface area contributed by atoms with E-state index in [1.54, 1.807) is 0 Å². The van der Waals surface area contributed by atoms with E-state index in [2.05, 4.69) is 34.3 Å². The van der Waals surface area contributed by atoms with Gasteiger partial charge in [0, 0.05) is 18.3 Å². The van der Waals surface area contributed by atoms with Crippen LogP contribution in [-0.4, -0.2) is 41.5 Å². The first-order valence-corrected chi connectivity index (χ1v) is 9.01. The first-order valence-electron chi connectivity index (χ1n) is 9.01. The summed E-state index contributed by atoms with van der Waals surface area (Å²) in [5.41, 5.74) is 9.71. The molecule has 1 atom stereocenters. The molecule has 1 aromatic rings. The molecule has 5 nitrogen and oxygen atoms in total. The van der Waals surface area contributed by atoms with Crippen molar-refractivity contribution in [3.8, 4) is 0 Å². The van der Waals surface area contributed by atoms with E-state index in [0.29, 0.717) is 18.5 Å². The topological polar surface area (TPSA) is 66.5 Å². The Morgan fingerprint density at radius 1 is 1.35 bits per heavy atom. The van der Waals surface area contributed by atoms with Gasteiger partial charge in [0.05, 0.1) is 12.2 Å². The van der Waals surface area contributed by atoms with Crippen LogP contribution in [0.25, 0.3) is 0 Å². The van der Waals surface area contributed by atoms with Crippen LogP contribution in [0.5, 0.6) is 0 Å². The number of fused-ring (bicyclic) bond motifs is 1. The minimum absolute atomic E-state index is 0.535. The van der Waals surface area contributed by atoms with Crippen LogP contribution >= 0.6 is 0 Å². The molecule has 3 rings (SSSR count). The number of guanidine groups is 1. The van der Waals surface area contributed by atoms with Gasteiger partial charge in [0.1, 0.15) is 0 Å². The molecule has 0 amide bonds. The van der Waals surface area contributed by atoms with Gasteiger partial charge in [-0.25, -0.2) is 4.99 Å². The predicted octanol–water partition coefficient (Wildman–Crippen LogP) is 1.85. The van der Waals surface area contributed by atoms with Crippen LogP contribution in [0.2, 0.25) is 0 Å². The normalized spacial score (nSPS) is 22.1. The largest absolute Gasteiger partial charge is 0.370 e. The summed E-state index contributed by atoms with van der Waals surface area (Å²) in [6.07, 6.45) is 7.36. The molecule has 1 aliphatic carbocycles. The maximum atomic E-state index is 6.02. The zero-order valence-electron chi connectivity index (χ0n) is 14.2. The average Bonchev–Trinajstić information content (AvgIpc) is 3.05. The Labute approximate surface area is 139 Å². The third-order valence-corrected chi connectivity index (χ3v) is 5.07. The Morgan fingerprint density at radius 3 is 3.09 bits per heavy atom. The second-order valence-electron chi connectivity index (χ2n) is 6.62. The molecule has 126 valence electrons. The summed E-state index contributed by atoms with van der Waals surface area (Å²) in [6.45, 7) is 5.99. The Morgan fingerprint density at radius 2 is 2.22 bits per heavy atom. The Hall–Kier alpha value is -1.62. The van der Waals surface area contributed by atoms with E-state index < -0.39 is 0 Å². The van der Waals surface area contributed by atoms with Crippen LogP contribution < -0.4 is 11.1 Å². The number of nitrogens with zero attached hydrogens (tertiary/aromatic N) is 3. The highest BCUT2D eigenvalue weighted by atomic mass is 15.2. The van der Waals surface area contributed by atoms with Gasteiger partial charge in [-0.2, -0.15) is 0 Å². The monoisotopic (exact) mass is 315 g/mol. The SMILES string of the molecule is CCN1CCCC1CNC(N)=NCc1ccc2c(n1)CCCC2. The van der Waals surface area contributed by atoms with Crippen molar-refractivity contribution in [1.29, 1.82) is 0 Å². The fourth-order valence-corrected chi connectivity index (χ4v) is 3.70. The van der Waals surface area contributed by atoms with Gasteiger partial charge >= 0.3 is 0 Å². The number of likely N-dealkylation sites (tertiary alicyclic amines) is 1. The van der Waals surface area contributed by atoms with E-state index in [9.17, 15) is 0 Å². The molecule has 5 heteroatoms. The highest BCUT2D eigenvalue weighted by Gasteiger charge is 2.22. The number of pyridine rings is 1. The molecule has 1 unspecified atom stereocenters. The smallest absolute Gasteiger partial charge is 0.189 e. The summed E-state index contributed by atoms with van der Waals surface area (Å²) < 4.78 is 0. The lowest BCUT2D eigenvalue weighted by Gasteiger charge is -2.23. The van der Waals surface area contributed by atoms with Crippen molar-refractivity contribution in [3.63, 3.8) is 0 Å². The second kappa shape index (κ2) is 7.77. The van der Waals surface area contributed by atoms with Crippen LogP contribution in [0.15, 0.2) is 17.1 Å². The van der Waals surface area contributed by atoms with Crippen molar-refractivity contribution < 1.29 is 0 Å². The molecule has 0 aromatic carbocycles. The summed E-state index contributed by atoms with van der Waals surface area (Å²) in [7, 11) is 0. The number of nitrogens with one attached hydrogen (secondary N) is 1. The van der Waals surface area contributed by atoms with E-state index in [1.165, 1.54) is 49.9 Å². The molecule has 1 aromatic heterocycles. The molecule has 2 heterocycles. The summed E-state index contributed by atoms with van der Waals surface area (Å²) >= 11 is 0. The molecular formula is C18H29N5. The summed E-state index contributed by atoms with van der Waals surface area (Å²) in [4.78, 5) is 11.7. The van der Waals surface area contributed by atoms with Crippen molar-refractivity contribution in [1.82, 2.24) is 15.2 Å². The Kier molecular flexibility index (Phi) is 5.49. The Balaban J connectivity index is 1.51. The van der Waals surface area contributed by atoms with Crippen molar-refractivity contribution in [3.05, 3.63) is 29.1 Å². The quantitative estimate of drug-likeness (QED) is 0.643. The lowest BCUT2D eigenvalue weighted by molar-refractivity contribution is 0.267. The van der Waals surface area contributed by atoms with E-state index >= 15 is 0 Å². The first kappa shape index (κ1) is 16.2. The number of aryl methyl sites for hydroxylation is 2. The summed E-state index contributed by atoms with van der Waals surface area (Å²) in [6, 6.07) is 4.90. The number of nitrogens with two attached hydrogens (primary N) is 1. The van der Waals surface area contributed by atoms with Crippen LogP contribution in [-0.2, 0) is 19.4 Å². The van der Waals surface area contributed by atoms with Gasteiger partial charge in [0.15, 0.2) is 5.96 Å². The lowest BCUT2D eigenvalue weighted by Crippen LogP contribution is -2.42. The van der Waals surface area contributed by atoms with E-state index in [0.717, 1.165) is 25.2 Å². The fraction of sp³-hybridized carbons (Fsp3) is 0.667. The lowest BCUT2D eigenvalue weighted by atomic mass is 9.96. The fourth-order valence-electron chi connectivity index (χ4n) is 3.70. The predicted molar refractivity (Wildman–Crippen MR) is 94.5 cm³/mol. The summed E-state index contributed by atoms with van der Waals surface area (Å²) in [5.74, 6) is 0.535. The minimum atomic E-state index is 0.535. The highest BCUT2D eigenvalue weighted by Crippen LogP contribution is 2.19. The number of aliphatic imine (C=N–C) groups is 1. The first-order chi connectivity index (χ1) is 11.3. The number of aromatic nitrogens is 1. The molecule has 3 N–H and O–H groups in total. The van der Waals surface area contributed by atoms with Crippen LogP contribution in [0.1, 0.15) is 49.6 Å². The van der Waals surface area contributed by atoms with Crippen molar-refractivity contribution >= 4 is 5.96 Å². The molecule has 0 saturated carbocycles. The number of hydrogen-bond donors (Lipinski definition) is 2. The third kappa shape index (κ3) is 4.22. The maximum absolute atomic E-state index is 6.02. The van der Waals surface area contributed by atoms with Crippen molar-refractivity contribution in [2.75, 3.05) is 19.6 Å². The molecule has 0 spiro atoms. The van der Waals surface area contributed by atoms with Gasteiger partial charge in [-0.05, 0) is 63.2 Å². The van der Waals surface area contributed by atoms with Crippen LogP contribution in [0.4, 0.5) is 0 Å². The van der Waals surface area contributed by atoms with Crippen molar-refractivity contribution in [2.45, 2.75) is 58.0 Å². The van der Waals surface area contributed by atoms with Gasteiger partial charge < -0.3 is 11.1 Å². The average molecular weight is 315 g/mol. The molecule has 1 aliphatic heterocycles.